The van der Waals surface area contributed by atoms with Gasteiger partial charge < -0.3 is 0 Å². The van der Waals surface area contributed by atoms with Crippen LogP contribution in [0.25, 0.3) is 0 Å². The summed E-state index contributed by atoms with van der Waals surface area (Å²) in [7, 11) is -4.58. The third kappa shape index (κ3) is 1.68. The molecule has 0 saturated carbocycles. The van der Waals surface area contributed by atoms with Gasteiger partial charge in [0.25, 0.3) is 16.0 Å². The zero-order valence-electron chi connectivity index (χ0n) is 8.30. The summed E-state index contributed by atoms with van der Waals surface area (Å²) in [4.78, 5) is 23.6. The van der Waals surface area contributed by atoms with Gasteiger partial charge in [-0.1, -0.05) is 6.08 Å². The highest BCUT2D eigenvalue weighted by Crippen LogP contribution is 2.31. The summed E-state index contributed by atoms with van der Waals surface area (Å²) in [6.45, 7) is 2.62. The van der Waals surface area contributed by atoms with Gasteiger partial charge in [0.15, 0.2) is 4.75 Å². The molecule has 84 valence electrons. The highest BCUT2D eigenvalue weighted by molar-refractivity contribution is 7.88. The van der Waals surface area contributed by atoms with E-state index in [1.54, 1.807) is 6.92 Å². The van der Waals surface area contributed by atoms with Crippen LogP contribution >= 0.6 is 0 Å². The number of carbonyl (C=O) groups is 2. The SMILES string of the molecule is C/C=C\N1C(=O)CC(C)(S(=O)(=O)O)C1=O. The monoisotopic (exact) mass is 233 g/mol. The van der Waals surface area contributed by atoms with Gasteiger partial charge in [0.2, 0.25) is 5.91 Å². The Kier molecular flexibility index (Phi) is 2.71. The molecule has 0 radical (unpaired) electrons. The van der Waals surface area contributed by atoms with Gasteiger partial charge in [0.1, 0.15) is 0 Å². The van der Waals surface area contributed by atoms with Gasteiger partial charge in [-0.05, 0) is 13.8 Å². The van der Waals surface area contributed by atoms with Crippen LogP contribution < -0.4 is 0 Å². The lowest BCUT2D eigenvalue weighted by Crippen LogP contribution is -2.42. The molecule has 15 heavy (non-hydrogen) atoms. The Balaban J connectivity index is 3.22. The van der Waals surface area contributed by atoms with Gasteiger partial charge in [-0.3, -0.25) is 19.0 Å². The Morgan fingerprint density at radius 1 is 1.47 bits per heavy atom. The average molecular weight is 233 g/mol. The molecular weight excluding hydrogens is 222 g/mol. The minimum atomic E-state index is -4.58. The minimum absolute atomic E-state index is 0.533. The second kappa shape index (κ2) is 3.42. The Hall–Kier alpha value is -1.21. The fraction of sp³-hybridized carbons (Fsp3) is 0.500. The zero-order chi connectivity index (χ0) is 11.9. The fourth-order valence-corrected chi connectivity index (χ4v) is 1.94. The van der Waals surface area contributed by atoms with E-state index in [4.69, 9.17) is 4.55 Å². The van der Waals surface area contributed by atoms with Crippen molar-refractivity contribution >= 4 is 21.9 Å². The number of hydrogen-bond donors (Lipinski definition) is 1. The van der Waals surface area contributed by atoms with Gasteiger partial charge in [0, 0.05) is 6.20 Å². The Morgan fingerprint density at radius 3 is 2.33 bits per heavy atom. The number of rotatable bonds is 2. The molecule has 0 aromatic heterocycles. The van der Waals surface area contributed by atoms with E-state index in [-0.39, 0.29) is 0 Å². The maximum absolute atomic E-state index is 11.6. The van der Waals surface area contributed by atoms with Crippen LogP contribution in [0, 0.1) is 0 Å². The van der Waals surface area contributed by atoms with Crippen molar-refractivity contribution in [2.75, 3.05) is 0 Å². The highest BCUT2D eigenvalue weighted by atomic mass is 32.2. The molecule has 1 aliphatic heterocycles. The molecule has 0 bridgehead atoms. The minimum Gasteiger partial charge on any atom is -0.285 e. The number of nitrogens with zero attached hydrogens (tertiary/aromatic N) is 1. The summed E-state index contributed by atoms with van der Waals surface area (Å²) in [6, 6.07) is 0. The van der Waals surface area contributed by atoms with E-state index < -0.39 is 33.1 Å². The van der Waals surface area contributed by atoms with E-state index in [0.29, 0.717) is 4.90 Å². The van der Waals surface area contributed by atoms with Crippen molar-refractivity contribution in [3.05, 3.63) is 12.3 Å². The molecule has 7 heteroatoms. The maximum Gasteiger partial charge on any atom is 0.280 e. The third-order valence-corrected chi connectivity index (χ3v) is 3.75. The zero-order valence-corrected chi connectivity index (χ0v) is 9.11. The van der Waals surface area contributed by atoms with E-state index in [2.05, 4.69) is 0 Å². The summed E-state index contributed by atoms with van der Waals surface area (Å²) in [6.07, 6.45) is 2.08. The van der Waals surface area contributed by atoms with E-state index in [1.165, 1.54) is 12.3 Å². The average Bonchev–Trinajstić information content (AvgIpc) is 2.29. The molecule has 1 aliphatic rings. The first kappa shape index (κ1) is 11.9. The van der Waals surface area contributed by atoms with Crippen LogP contribution in [-0.4, -0.2) is 34.4 Å². The summed E-state index contributed by atoms with van der Waals surface area (Å²) in [5, 5.41) is 0. The lowest BCUT2D eigenvalue weighted by atomic mass is 10.1. The van der Waals surface area contributed by atoms with Crippen LogP contribution in [0.15, 0.2) is 12.3 Å². The Labute approximate surface area is 87.3 Å². The Bertz CT molecular complexity index is 438. The summed E-state index contributed by atoms with van der Waals surface area (Å²) < 4.78 is 28.8. The molecule has 1 unspecified atom stereocenters. The number of allylic oxidation sites excluding steroid dienone is 1. The first-order valence-electron chi connectivity index (χ1n) is 4.20. The van der Waals surface area contributed by atoms with Gasteiger partial charge in [-0.25, -0.2) is 0 Å². The van der Waals surface area contributed by atoms with Crippen molar-refractivity contribution in [1.82, 2.24) is 4.90 Å². The fourth-order valence-electron chi connectivity index (χ4n) is 1.32. The number of imide groups is 1. The molecule has 6 nitrogen and oxygen atoms in total. The topological polar surface area (TPSA) is 91.8 Å². The summed E-state index contributed by atoms with van der Waals surface area (Å²) >= 11 is 0. The summed E-state index contributed by atoms with van der Waals surface area (Å²) in [5.41, 5.74) is 0. The van der Waals surface area contributed by atoms with Crippen LogP contribution in [0.5, 0.6) is 0 Å². The molecule has 0 spiro atoms. The van der Waals surface area contributed by atoms with Crippen molar-refractivity contribution in [2.24, 2.45) is 0 Å². The number of hydrogen-bond acceptors (Lipinski definition) is 4. The van der Waals surface area contributed by atoms with Crippen LogP contribution in [0.2, 0.25) is 0 Å². The summed E-state index contributed by atoms with van der Waals surface area (Å²) in [5.74, 6) is -1.56. The molecule has 0 aliphatic carbocycles. The van der Waals surface area contributed by atoms with E-state index in [9.17, 15) is 18.0 Å². The molecule has 1 fully saturated rings. The van der Waals surface area contributed by atoms with Crippen LogP contribution in [0.4, 0.5) is 0 Å². The van der Waals surface area contributed by atoms with Gasteiger partial charge in [-0.15, -0.1) is 0 Å². The number of likely N-dealkylation sites (tertiary alicyclic amines) is 1. The van der Waals surface area contributed by atoms with Crippen LogP contribution in [-0.2, 0) is 19.7 Å². The number of amides is 2. The molecule has 1 saturated heterocycles. The largest absolute Gasteiger partial charge is 0.285 e. The van der Waals surface area contributed by atoms with Gasteiger partial charge in [0.05, 0.1) is 6.42 Å². The lowest BCUT2D eigenvalue weighted by Gasteiger charge is -2.16. The van der Waals surface area contributed by atoms with Crippen LogP contribution in [0.3, 0.4) is 0 Å². The second-order valence-corrected chi connectivity index (χ2v) is 5.29. The molecular formula is C8H11NO5S. The Morgan fingerprint density at radius 2 is 2.00 bits per heavy atom. The van der Waals surface area contributed by atoms with Crippen LogP contribution in [0.1, 0.15) is 20.3 Å². The van der Waals surface area contributed by atoms with Gasteiger partial charge >= 0.3 is 0 Å². The molecule has 2 amide bonds. The lowest BCUT2D eigenvalue weighted by molar-refractivity contribution is -0.135. The van der Waals surface area contributed by atoms with E-state index >= 15 is 0 Å². The van der Waals surface area contributed by atoms with Gasteiger partial charge in [-0.2, -0.15) is 8.42 Å². The second-order valence-electron chi connectivity index (χ2n) is 3.43. The van der Waals surface area contributed by atoms with Crippen molar-refractivity contribution in [3.63, 3.8) is 0 Å². The molecule has 1 heterocycles. The first-order chi connectivity index (χ1) is 6.74. The third-order valence-electron chi connectivity index (χ3n) is 2.30. The van der Waals surface area contributed by atoms with Crippen molar-refractivity contribution in [2.45, 2.75) is 25.0 Å². The highest BCUT2D eigenvalue weighted by Gasteiger charge is 2.56. The quantitative estimate of drug-likeness (QED) is 0.532. The van der Waals surface area contributed by atoms with E-state index in [0.717, 1.165) is 6.92 Å². The van der Waals surface area contributed by atoms with Crippen molar-refractivity contribution in [3.8, 4) is 0 Å². The smallest absolute Gasteiger partial charge is 0.280 e. The van der Waals surface area contributed by atoms with E-state index in [1.807, 2.05) is 0 Å². The molecule has 0 aromatic carbocycles. The first-order valence-corrected chi connectivity index (χ1v) is 5.64. The molecule has 1 N–H and O–H groups in total. The standard InChI is InChI=1S/C8H11NO5S/c1-3-4-9-6(10)5-8(2,7(9)11)15(12,13)14/h3-4H,5H2,1-2H3,(H,12,13,14)/b4-3-. The van der Waals surface area contributed by atoms with Crippen molar-refractivity contribution < 1.29 is 22.6 Å². The molecule has 0 aromatic rings. The predicted octanol–water partition coefficient (Wildman–Crippen LogP) is -0.0746. The molecule has 1 atom stereocenters. The maximum atomic E-state index is 11.6. The normalized spacial score (nSPS) is 28.1. The van der Waals surface area contributed by atoms with Crippen molar-refractivity contribution in [1.29, 1.82) is 0 Å². The predicted molar refractivity (Wildman–Crippen MR) is 51.2 cm³/mol. The molecule has 1 rings (SSSR count). The number of carbonyl (C=O) groups excluding carboxylic acids is 2.